The standard InChI is InChI=1S/C12H8ClF3N2O/c13-8-4-9(6-18-5-8)19-11-2-1-7(3-10(11)17)12(14,15)16/h1-6H,17H2. The Bertz CT molecular complexity index is 602. The summed E-state index contributed by atoms with van der Waals surface area (Å²) in [5.74, 6) is 0.399. The Kier molecular flexibility index (Phi) is 3.53. The summed E-state index contributed by atoms with van der Waals surface area (Å²) in [6.07, 6.45) is -1.65. The second-order valence-electron chi connectivity index (χ2n) is 3.69. The Morgan fingerprint density at radius 1 is 1.16 bits per heavy atom. The van der Waals surface area contributed by atoms with Gasteiger partial charge in [0.1, 0.15) is 11.5 Å². The average Bonchev–Trinajstić information content (AvgIpc) is 2.30. The summed E-state index contributed by atoms with van der Waals surface area (Å²) in [5.41, 5.74) is 4.58. The molecular weight excluding hydrogens is 281 g/mol. The highest BCUT2D eigenvalue weighted by atomic mass is 35.5. The lowest BCUT2D eigenvalue weighted by Crippen LogP contribution is -2.06. The van der Waals surface area contributed by atoms with Crippen molar-refractivity contribution in [3.63, 3.8) is 0 Å². The van der Waals surface area contributed by atoms with Crippen LogP contribution in [0, 0.1) is 0 Å². The molecule has 0 spiro atoms. The first-order chi connectivity index (χ1) is 8.86. The molecule has 0 aliphatic heterocycles. The van der Waals surface area contributed by atoms with Crippen molar-refractivity contribution in [1.82, 2.24) is 4.98 Å². The fourth-order valence-corrected chi connectivity index (χ4v) is 1.56. The minimum absolute atomic E-state index is 0.108. The van der Waals surface area contributed by atoms with Crippen molar-refractivity contribution in [3.05, 3.63) is 47.2 Å². The molecule has 2 aromatic rings. The summed E-state index contributed by atoms with van der Waals surface area (Å²) >= 11 is 5.71. The molecule has 2 N–H and O–H groups in total. The van der Waals surface area contributed by atoms with Gasteiger partial charge in [-0.3, -0.25) is 4.98 Å². The highest BCUT2D eigenvalue weighted by Gasteiger charge is 2.30. The molecular formula is C12H8ClF3N2O. The van der Waals surface area contributed by atoms with Gasteiger partial charge in [-0.2, -0.15) is 13.2 Å². The van der Waals surface area contributed by atoms with Crippen LogP contribution in [0.5, 0.6) is 11.5 Å². The number of aromatic nitrogens is 1. The van der Waals surface area contributed by atoms with Crippen LogP contribution in [0.1, 0.15) is 5.56 Å². The van der Waals surface area contributed by atoms with Crippen LogP contribution < -0.4 is 10.5 Å². The lowest BCUT2D eigenvalue weighted by molar-refractivity contribution is -0.137. The van der Waals surface area contributed by atoms with Crippen LogP contribution in [-0.4, -0.2) is 4.98 Å². The van der Waals surface area contributed by atoms with E-state index in [1.54, 1.807) is 0 Å². The van der Waals surface area contributed by atoms with Crippen molar-refractivity contribution in [1.29, 1.82) is 0 Å². The Hall–Kier alpha value is -1.95. The van der Waals surface area contributed by atoms with Crippen molar-refractivity contribution >= 4 is 17.3 Å². The van der Waals surface area contributed by atoms with Crippen LogP contribution in [0.3, 0.4) is 0 Å². The maximum atomic E-state index is 12.5. The first-order valence-corrected chi connectivity index (χ1v) is 5.49. The molecule has 0 radical (unpaired) electrons. The minimum Gasteiger partial charge on any atom is -0.454 e. The number of benzene rings is 1. The number of anilines is 1. The van der Waals surface area contributed by atoms with Crippen LogP contribution in [-0.2, 0) is 6.18 Å². The molecule has 1 aromatic heterocycles. The van der Waals surface area contributed by atoms with E-state index in [2.05, 4.69) is 4.98 Å². The summed E-state index contributed by atoms with van der Waals surface area (Å²) in [5, 5.41) is 0.350. The van der Waals surface area contributed by atoms with Crippen LogP contribution in [0.25, 0.3) is 0 Å². The van der Waals surface area contributed by atoms with Crippen LogP contribution in [0.2, 0.25) is 5.02 Å². The fourth-order valence-electron chi connectivity index (χ4n) is 1.39. The van der Waals surface area contributed by atoms with Crippen molar-refractivity contribution in [2.24, 2.45) is 0 Å². The summed E-state index contributed by atoms with van der Waals surface area (Å²) in [6, 6.07) is 4.34. The Morgan fingerprint density at radius 3 is 2.47 bits per heavy atom. The molecule has 3 nitrogen and oxygen atoms in total. The topological polar surface area (TPSA) is 48.1 Å². The summed E-state index contributed by atoms with van der Waals surface area (Å²) in [4.78, 5) is 3.79. The van der Waals surface area contributed by atoms with Gasteiger partial charge in [0.15, 0.2) is 0 Å². The van der Waals surface area contributed by atoms with E-state index in [0.29, 0.717) is 10.8 Å². The van der Waals surface area contributed by atoms with Gasteiger partial charge in [-0.15, -0.1) is 0 Å². The SMILES string of the molecule is Nc1cc(C(F)(F)F)ccc1Oc1cncc(Cl)c1. The van der Waals surface area contributed by atoms with E-state index in [9.17, 15) is 13.2 Å². The van der Waals surface area contributed by atoms with Gasteiger partial charge in [-0.25, -0.2) is 0 Å². The maximum absolute atomic E-state index is 12.5. The maximum Gasteiger partial charge on any atom is 0.416 e. The number of nitrogens with two attached hydrogens (primary N) is 1. The molecule has 0 aliphatic rings. The molecule has 0 aliphatic carbocycles. The number of nitrogen functional groups attached to an aromatic ring is 1. The second kappa shape index (κ2) is 4.97. The van der Waals surface area contributed by atoms with Crippen LogP contribution in [0.15, 0.2) is 36.7 Å². The third-order valence-corrected chi connectivity index (χ3v) is 2.45. The number of alkyl halides is 3. The predicted octanol–water partition coefficient (Wildman–Crippen LogP) is 4.13. The summed E-state index contributed by atoms with van der Waals surface area (Å²) in [7, 11) is 0. The van der Waals surface area contributed by atoms with Gasteiger partial charge in [0.05, 0.1) is 22.5 Å². The molecule has 0 amide bonds. The zero-order valence-electron chi connectivity index (χ0n) is 9.41. The molecule has 2 rings (SSSR count). The lowest BCUT2D eigenvalue weighted by atomic mass is 10.2. The molecule has 7 heteroatoms. The zero-order valence-corrected chi connectivity index (χ0v) is 10.2. The Morgan fingerprint density at radius 2 is 1.89 bits per heavy atom. The zero-order chi connectivity index (χ0) is 14.0. The Balaban J connectivity index is 2.27. The van der Waals surface area contributed by atoms with Crippen molar-refractivity contribution in [3.8, 4) is 11.5 Å². The fraction of sp³-hybridized carbons (Fsp3) is 0.0833. The summed E-state index contributed by atoms with van der Waals surface area (Å²) < 4.78 is 42.7. The monoisotopic (exact) mass is 288 g/mol. The highest BCUT2D eigenvalue weighted by molar-refractivity contribution is 6.30. The van der Waals surface area contributed by atoms with Gasteiger partial charge in [-0.05, 0) is 18.2 Å². The largest absolute Gasteiger partial charge is 0.454 e. The van der Waals surface area contributed by atoms with Crippen molar-refractivity contribution in [2.45, 2.75) is 6.18 Å². The molecule has 0 atom stereocenters. The first kappa shape index (κ1) is 13.5. The smallest absolute Gasteiger partial charge is 0.416 e. The number of nitrogens with zero attached hydrogens (tertiary/aromatic N) is 1. The number of hydrogen-bond acceptors (Lipinski definition) is 3. The van der Waals surface area contributed by atoms with E-state index in [0.717, 1.165) is 18.2 Å². The predicted molar refractivity (Wildman–Crippen MR) is 65.2 cm³/mol. The Labute approximate surface area is 111 Å². The number of halogens is 4. The highest BCUT2D eigenvalue weighted by Crippen LogP contribution is 2.35. The first-order valence-electron chi connectivity index (χ1n) is 5.11. The van der Waals surface area contributed by atoms with Crippen LogP contribution >= 0.6 is 11.6 Å². The van der Waals surface area contributed by atoms with Crippen LogP contribution in [0.4, 0.5) is 18.9 Å². The van der Waals surface area contributed by atoms with E-state index in [1.807, 2.05) is 0 Å². The molecule has 0 saturated carbocycles. The number of hydrogen-bond donors (Lipinski definition) is 1. The van der Waals surface area contributed by atoms with Gasteiger partial charge >= 0.3 is 6.18 Å². The molecule has 0 bridgehead atoms. The normalized spacial score (nSPS) is 11.4. The molecule has 1 heterocycles. The van der Waals surface area contributed by atoms with Gasteiger partial charge in [0.2, 0.25) is 0 Å². The van der Waals surface area contributed by atoms with Gasteiger partial charge in [0, 0.05) is 12.3 Å². The molecule has 0 saturated heterocycles. The second-order valence-corrected chi connectivity index (χ2v) is 4.13. The van der Waals surface area contributed by atoms with Gasteiger partial charge in [0.25, 0.3) is 0 Å². The van der Waals surface area contributed by atoms with Gasteiger partial charge < -0.3 is 10.5 Å². The lowest BCUT2D eigenvalue weighted by Gasteiger charge is -2.11. The quantitative estimate of drug-likeness (QED) is 0.845. The molecule has 1 aromatic carbocycles. The van der Waals surface area contributed by atoms with E-state index in [-0.39, 0.29) is 11.4 Å². The molecule has 100 valence electrons. The third-order valence-electron chi connectivity index (χ3n) is 2.24. The number of rotatable bonds is 2. The number of ether oxygens (including phenoxy) is 1. The molecule has 0 fully saturated rings. The van der Waals surface area contributed by atoms with E-state index < -0.39 is 11.7 Å². The minimum atomic E-state index is -4.44. The molecule has 0 unspecified atom stereocenters. The van der Waals surface area contributed by atoms with E-state index in [4.69, 9.17) is 22.1 Å². The average molecular weight is 289 g/mol. The van der Waals surface area contributed by atoms with Gasteiger partial charge in [-0.1, -0.05) is 11.6 Å². The third kappa shape index (κ3) is 3.29. The number of pyridine rings is 1. The van der Waals surface area contributed by atoms with Crippen molar-refractivity contribution in [2.75, 3.05) is 5.73 Å². The van der Waals surface area contributed by atoms with Crippen molar-refractivity contribution < 1.29 is 17.9 Å². The summed E-state index contributed by atoms with van der Waals surface area (Å²) in [6.45, 7) is 0. The van der Waals surface area contributed by atoms with E-state index >= 15 is 0 Å². The molecule has 19 heavy (non-hydrogen) atoms. The van der Waals surface area contributed by atoms with E-state index in [1.165, 1.54) is 18.5 Å².